The van der Waals surface area contributed by atoms with Crippen molar-refractivity contribution in [2.24, 2.45) is 0 Å². The summed E-state index contributed by atoms with van der Waals surface area (Å²) in [4.78, 5) is 4.17. The SMILES string of the molecule is CCOc1ccc(S(=O)(=O)NCc2ccc(Cn3cncn3)cc2)c2ccccc12. The highest BCUT2D eigenvalue weighted by Crippen LogP contribution is 2.31. The quantitative estimate of drug-likeness (QED) is 0.471. The number of aromatic nitrogens is 3. The summed E-state index contributed by atoms with van der Waals surface area (Å²) in [5, 5.41) is 5.50. The molecule has 0 amide bonds. The second-order valence-electron chi connectivity index (χ2n) is 6.77. The van der Waals surface area contributed by atoms with Crippen LogP contribution in [0.2, 0.25) is 0 Å². The Morgan fingerprint density at radius 1 is 0.967 bits per heavy atom. The zero-order valence-corrected chi connectivity index (χ0v) is 17.3. The zero-order valence-electron chi connectivity index (χ0n) is 16.5. The Bertz CT molecular complexity index is 1240. The minimum Gasteiger partial charge on any atom is -0.493 e. The van der Waals surface area contributed by atoms with Crippen LogP contribution < -0.4 is 9.46 Å². The van der Waals surface area contributed by atoms with Crippen molar-refractivity contribution in [2.75, 3.05) is 6.61 Å². The van der Waals surface area contributed by atoms with Crippen molar-refractivity contribution in [2.45, 2.75) is 24.9 Å². The van der Waals surface area contributed by atoms with Crippen LogP contribution in [0.1, 0.15) is 18.1 Å². The first-order valence-electron chi connectivity index (χ1n) is 9.61. The molecule has 1 N–H and O–H groups in total. The van der Waals surface area contributed by atoms with Crippen molar-refractivity contribution in [3.63, 3.8) is 0 Å². The third-order valence-corrected chi connectivity index (χ3v) is 6.19. The van der Waals surface area contributed by atoms with Crippen molar-refractivity contribution < 1.29 is 13.2 Å². The first-order valence-corrected chi connectivity index (χ1v) is 11.1. The van der Waals surface area contributed by atoms with E-state index in [1.165, 1.54) is 6.33 Å². The molecule has 0 aliphatic heterocycles. The molecular formula is C22H22N4O3S. The predicted molar refractivity (Wildman–Crippen MR) is 115 cm³/mol. The number of hydrogen-bond donors (Lipinski definition) is 1. The van der Waals surface area contributed by atoms with E-state index < -0.39 is 10.0 Å². The van der Waals surface area contributed by atoms with E-state index in [9.17, 15) is 8.42 Å². The molecule has 7 nitrogen and oxygen atoms in total. The summed E-state index contributed by atoms with van der Waals surface area (Å²) < 4.78 is 36.1. The lowest BCUT2D eigenvalue weighted by Crippen LogP contribution is -2.23. The normalized spacial score (nSPS) is 11.6. The maximum atomic E-state index is 13.0. The lowest BCUT2D eigenvalue weighted by atomic mass is 10.1. The van der Waals surface area contributed by atoms with Gasteiger partial charge in [-0.05, 0) is 30.2 Å². The first kappa shape index (κ1) is 20.1. The number of benzene rings is 3. The molecule has 0 radical (unpaired) electrons. The van der Waals surface area contributed by atoms with Gasteiger partial charge in [0.25, 0.3) is 0 Å². The maximum Gasteiger partial charge on any atom is 0.241 e. The molecule has 1 heterocycles. The van der Waals surface area contributed by atoms with Crippen molar-refractivity contribution >= 4 is 20.8 Å². The van der Waals surface area contributed by atoms with E-state index in [4.69, 9.17) is 4.74 Å². The molecule has 0 spiro atoms. The number of nitrogens with zero attached hydrogens (tertiary/aromatic N) is 3. The van der Waals surface area contributed by atoms with E-state index in [0.717, 1.165) is 16.5 Å². The number of sulfonamides is 1. The summed E-state index contributed by atoms with van der Waals surface area (Å²) >= 11 is 0. The van der Waals surface area contributed by atoms with Gasteiger partial charge in [-0.15, -0.1) is 0 Å². The molecule has 0 aliphatic carbocycles. The van der Waals surface area contributed by atoms with Crippen molar-refractivity contribution in [3.05, 3.63) is 84.4 Å². The molecule has 0 aliphatic rings. The largest absolute Gasteiger partial charge is 0.493 e. The van der Waals surface area contributed by atoms with Crippen LogP contribution in [0.15, 0.2) is 78.2 Å². The van der Waals surface area contributed by atoms with Crippen molar-refractivity contribution in [1.82, 2.24) is 19.5 Å². The summed E-state index contributed by atoms with van der Waals surface area (Å²) in [5.74, 6) is 0.676. The van der Waals surface area contributed by atoms with Crippen LogP contribution in [0.3, 0.4) is 0 Å². The van der Waals surface area contributed by atoms with Crippen LogP contribution in [0.4, 0.5) is 0 Å². The number of fused-ring (bicyclic) bond motifs is 1. The van der Waals surface area contributed by atoms with Crippen LogP contribution in [-0.2, 0) is 23.1 Å². The van der Waals surface area contributed by atoms with Gasteiger partial charge in [-0.3, -0.25) is 0 Å². The van der Waals surface area contributed by atoms with Gasteiger partial charge < -0.3 is 4.74 Å². The molecule has 154 valence electrons. The molecule has 3 aromatic carbocycles. The van der Waals surface area contributed by atoms with Gasteiger partial charge in [0.1, 0.15) is 18.4 Å². The Morgan fingerprint density at radius 2 is 1.70 bits per heavy atom. The second kappa shape index (κ2) is 8.64. The van der Waals surface area contributed by atoms with Gasteiger partial charge in [0.05, 0.1) is 18.0 Å². The van der Waals surface area contributed by atoms with Crippen LogP contribution in [0.5, 0.6) is 5.75 Å². The van der Waals surface area contributed by atoms with Gasteiger partial charge in [0, 0.05) is 17.3 Å². The van der Waals surface area contributed by atoms with Gasteiger partial charge in [-0.25, -0.2) is 22.8 Å². The molecule has 30 heavy (non-hydrogen) atoms. The molecule has 1 aromatic heterocycles. The average Bonchev–Trinajstić information content (AvgIpc) is 3.27. The van der Waals surface area contributed by atoms with Crippen LogP contribution in [0, 0.1) is 0 Å². The number of hydrogen-bond acceptors (Lipinski definition) is 5. The van der Waals surface area contributed by atoms with Gasteiger partial charge in [0.15, 0.2) is 0 Å². The highest BCUT2D eigenvalue weighted by molar-refractivity contribution is 7.89. The van der Waals surface area contributed by atoms with Crippen molar-refractivity contribution in [3.8, 4) is 5.75 Å². The Labute approximate surface area is 175 Å². The molecule has 0 fully saturated rings. The second-order valence-corrected chi connectivity index (χ2v) is 8.51. The highest BCUT2D eigenvalue weighted by atomic mass is 32.2. The Morgan fingerprint density at radius 3 is 2.40 bits per heavy atom. The minimum atomic E-state index is -3.70. The fourth-order valence-corrected chi connectivity index (χ4v) is 4.51. The fourth-order valence-electron chi connectivity index (χ4n) is 3.28. The van der Waals surface area contributed by atoms with E-state index in [1.54, 1.807) is 29.2 Å². The van der Waals surface area contributed by atoms with E-state index in [-0.39, 0.29) is 11.4 Å². The Balaban J connectivity index is 1.51. The van der Waals surface area contributed by atoms with E-state index in [0.29, 0.717) is 24.3 Å². The number of rotatable bonds is 8. The molecule has 0 bridgehead atoms. The first-order chi connectivity index (χ1) is 14.6. The van der Waals surface area contributed by atoms with Gasteiger partial charge in [-0.2, -0.15) is 5.10 Å². The average molecular weight is 423 g/mol. The molecule has 4 rings (SSSR count). The van der Waals surface area contributed by atoms with Crippen LogP contribution in [0.25, 0.3) is 10.8 Å². The molecule has 4 aromatic rings. The summed E-state index contributed by atoms with van der Waals surface area (Å²) in [6, 6.07) is 18.4. The lowest BCUT2D eigenvalue weighted by molar-refractivity contribution is 0.344. The van der Waals surface area contributed by atoms with E-state index in [1.807, 2.05) is 49.4 Å². The lowest BCUT2D eigenvalue weighted by Gasteiger charge is -2.13. The molecule has 0 saturated carbocycles. The molecule has 0 atom stereocenters. The summed E-state index contributed by atoms with van der Waals surface area (Å²) in [6.45, 7) is 3.23. The van der Waals surface area contributed by atoms with E-state index in [2.05, 4.69) is 14.8 Å². The molecule has 0 unspecified atom stereocenters. The fraction of sp³-hybridized carbons (Fsp3) is 0.182. The molecule has 0 saturated heterocycles. The smallest absolute Gasteiger partial charge is 0.241 e. The third-order valence-electron chi connectivity index (χ3n) is 4.73. The van der Waals surface area contributed by atoms with Gasteiger partial charge in [-0.1, -0.05) is 48.5 Å². The summed E-state index contributed by atoms with van der Waals surface area (Å²) in [7, 11) is -3.70. The summed E-state index contributed by atoms with van der Waals surface area (Å²) in [5.41, 5.74) is 1.93. The maximum absolute atomic E-state index is 13.0. The Kier molecular flexibility index (Phi) is 5.78. The molecule has 8 heteroatoms. The number of nitrogens with one attached hydrogen (secondary N) is 1. The monoisotopic (exact) mass is 422 g/mol. The van der Waals surface area contributed by atoms with Gasteiger partial charge >= 0.3 is 0 Å². The zero-order chi connectivity index (χ0) is 21.0. The highest BCUT2D eigenvalue weighted by Gasteiger charge is 2.18. The van der Waals surface area contributed by atoms with Crippen LogP contribution in [-0.4, -0.2) is 29.8 Å². The topological polar surface area (TPSA) is 86.1 Å². The Hall–Kier alpha value is -3.23. The number of ether oxygens (including phenoxy) is 1. The summed E-state index contributed by atoms with van der Waals surface area (Å²) in [6.07, 6.45) is 3.15. The minimum absolute atomic E-state index is 0.202. The third kappa shape index (κ3) is 4.34. The van der Waals surface area contributed by atoms with Gasteiger partial charge in [0.2, 0.25) is 10.0 Å². The molecular weight excluding hydrogens is 400 g/mol. The van der Waals surface area contributed by atoms with Crippen molar-refractivity contribution in [1.29, 1.82) is 0 Å². The van der Waals surface area contributed by atoms with E-state index >= 15 is 0 Å². The van der Waals surface area contributed by atoms with Crippen LogP contribution >= 0.6 is 0 Å². The standard InChI is InChI=1S/C22H22N4O3S/c1-2-29-21-11-12-22(20-6-4-3-5-19(20)21)30(27,28)25-13-17-7-9-18(10-8-17)14-26-16-23-15-24-26/h3-12,15-16,25H,2,13-14H2,1H3. The predicted octanol–water partition coefficient (Wildman–Crippen LogP) is 3.36.